The second kappa shape index (κ2) is 4.84. The van der Waals surface area contributed by atoms with Crippen LogP contribution in [0.3, 0.4) is 0 Å². The van der Waals surface area contributed by atoms with E-state index in [1.54, 1.807) is 4.90 Å². The van der Waals surface area contributed by atoms with Crippen LogP contribution in [0.25, 0.3) is 0 Å². The summed E-state index contributed by atoms with van der Waals surface area (Å²) in [7, 11) is 0. The smallest absolute Gasteiger partial charge is 0.410 e. The van der Waals surface area contributed by atoms with Gasteiger partial charge in [-0.25, -0.2) is 4.79 Å². The maximum Gasteiger partial charge on any atom is 0.410 e. The number of nitrogens with two attached hydrogens (primary N) is 1. The molecule has 0 bridgehead atoms. The average Bonchev–Trinajstić information content (AvgIpc) is 1.93. The van der Waals surface area contributed by atoms with E-state index >= 15 is 0 Å². The Hall–Kier alpha value is -0.770. The van der Waals surface area contributed by atoms with Gasteiger partial charge in [-0.1, -0.05) is 0 Å². The van der Waals surface area contributed by atoms with Crippen molar-refractivity contribution in [3.8, 4) is 0 Å². The van der Waals surface area contributed by atoms with Crippen LogP contribution in [0.15, 0.2) is 0 Å². The van der Waals surface area contributed by atoms with Crippen LogP contribution >= 0.6 is 0 Å². The molecule has 0 aliphatic heterocycles. The second-order valence-electron chi connectivity index (χ2n) is 6.68. The predicted molar refractivity (Wildman–Crippen MR) is 68.8 cm³/mol. The van der Waals surface area contributed by atoms with Gasteiger partial charge in [0.05, 0.1) is 0 Å². The Morgan fingerprint density at radius 2 is 1.82 bits per heavy atom. The number of nitrogens with zero attached hydrogens (tertiary/aromatic N) is 1. The van der Waals surface area contributed by atoms with Gasteiger partial charge in [0.25, 0.3) is 0 Å². The van der Waals surface area contributed by atoms with E-state index in [0.29, 0.717) is 12.6 Å². The molecular formula is C13H26N2O2. The van der Waals surface area contributed by atoms with Crippen molar-refractivity contribution in [2.75, 3.05) is 6.54 Å². The highest BCUT2D eigenvalue weighted by Crippen LogP contribution is 2.27. The van der Waals surface area contributed by atoms with Crippen molar-refractivity contribution in [1.29, 1.82) is 0 Å². The van der Waals surface area contributed by atoms with Crippen LogP contribution in [0.5, 0.6) is 0 Å². The summed E-state index contributed by atoms with van der Waals surface area (Å²) in [6, 6.07) is 0.313. The lowest BCUT2D eigenvalue weighted by atomic mass is 9.90. The van der Waals surface area contributed by atoms with Gasteiger partial charge in [0, 0.05) is 18.1 Å². The van der Waals surface area contributed by atoms with E-state index in [-0.39, 0.29) is 11.6 Å². The van der Waals surface area contributed by atoms with Crippen LogP contribution in [-0.2, 0) is 4.74 Å². The maximum absolute atomic E-state index is 12.1. The van der Waals surface area contributed by atoms with Crippen molar-refractivity contribution in [2.24, 2.45) is 5.73 Å². The van der Waals surface area contributed by atoms with Crippen LogP contribution in [0.4, 0.5) is 4.79 Å². The minimum atomic E-state index is -0.447. The largest absolute Gasteiger partial charge is 0.444 e. The highest BCUT2D eigenvalue weighted by atomic mass is 16.6. The molecule has 0 aromatic carbocycles. The molecule has 0 aromatic rings. The van der Waals surface area contributed by atoms with E-state index in [1.807, 2.05) is 34.6 Å². The summed E-state index contributed by atoms with van der Waals surface area (Å²) in [5, 5.41) is 0. The molecule has 1 saturated carbocycles. The van der Waals surface area contributed by atoms with E-state index in [2.05, 4.69) is 0 Å². The quantitative estimate of drug-likeness (QED) is 0.827. The summed E-state index contributed by atoms with van der Waals surface area (Å²) in [6.45, 7) is 10.1. The molecule has 2 N–H and O–H groups in total. The van der Waals surface area contributed by atoms with E-state index in [4.69, 9.17) is 10.5 Å². The van der Waals surface area contributed by atoms with Crippen LogP contribution in [0.1, 0.15) is 53.9 Å². The first-order valence-corrected chi connectivity index (χ1v) is 6.37. The van der Waals surface area contributed by atoms with Gasteiger partial charge in [0.1, 0.15) is 5.60 Å². The van der Waals surface area contributed by atoms with Gasteiger partial charge in [0.2, 0.25) is 0 Å². The van der Waals surface area contributed by atoms with Crippen LogP contribution < -0.4 is 5.73 Å². The van der Waals surface area contributed by atoms with Gasteiger partial charge in [0.15, 0.2) is 0 Å². The first-order chi connectivity index (χ1) is 7.58. The summed E-state index contributed by atoms with van der Waals surface area (Å²) in [6.07, 6.45) is 3.08. The topological polar surface area (TPSA) is 55.6 Å². The fraction of sp³-hybridized carbons (Fsp3) is 0.923. The van der Waals surface area contributed by atoms with Gasteiger partial charge in [-0.05, 0) is 53.9 Å². The first kappa shape index (κ1) is 14.3. The Balaban J connectivity index is 2.65. The van der Waals surface area contributed by atoms with Gasteiger partial charge in [-0.3, -0.25) is 0 Å². The van der Waals surface area contributed by atoms with Gasteiger partial charge >= 0.3 is 6.09 Å². The molecule has 0 aromatic heterocycles. The van der Waals surface area contributed by atoms with Gasteiger partial charge in [-0.2, -0.15) is 0 Å². The summed E-state index contributed by atoms with van der Waals surface area (Å²) < 4.78 is 5.43. The molecule has 1 aliphatic carbocycles. The Morgan fingerprint density at radius 3 is 2.12 bits per heavy atom. The molecule has 1 fully saturated rings. The van der Waals surface area contributed by atoms with Crippen molar-refractivity contribution in [2.45, 2.75) is 71.1 Å². The molecular weight excluding hydrogens is 216 g/mol. The highest BCUT2D eigenvalue weighted by Gasteiger charge is 2.34. The number of amides is 1. The molecule has 1 amide bonds. The molecule has 0 unspecified atom stereocenters. The minimum absolute atomic E-state index is 0.235. The molecule has 0 heterocycles. The molecule has 0 atom stereocenters. The molecule has 4 nitrogen and oxygen atoms in total. The third kappa shape index (κ3) is 4.94. The van der Waals surface area contributed by atoms with E-state index in [9.17, 15) is 4.79 Å². The molecule has 1 rings (SSSR count). The molecule has 0 spiro atoms. The molecule has 0 radical (unpaired) electrons. The Kier molecular flexibility index (Phi) is 4.07. The Morgan fingerprint density at radius 1 is 1.29 bits per heavy atom. The zero-order chi connectivity index (χ0) is 13.3. The number of hydrogen-bond donors (Lipinski definition) is 1. The van der Waals surface area contributed by atoms with Gasteiger partial charge < -0.3 is 15.4 Å². The highest BCUT2D eigenvalue weighted by molar-refractivity contribution is 5.68. The van der Waals surface area contributed by atoms with E-state index in [0.717, 1.165) is 12.8 Å². The lowest BCUT2D eigenvalue weighted by Crippen LogP contribution is -2.54. The monoisotopic (exact) mass is 242 g/mol. The van der Waals surface area contributed by atoms with Crippen molar-refractivity contribution in [3.63, 3.8) is 0 Å². The standard InChI is InChI=1S/C13H26N2O2/c1-12(2,3)17-11(16)15(9-13(4,5)14)10-7-6-8-10/h10H,6-9,14H2,1-5H3. The fourth-order valence-corrected chi connectivity index (χ4v) is 1.80. The fourth-order valence-electron chi connectivity index (χ4n) is 1.80. The summed E-state index contributed by atoms with van der Waals surface area (Å²) in [4.78, 5) is 13.9. The van der Waals surface area contributed by atoms with Gasteiger partial charge in [-0.15, -0.1) is 0 Å². The van der Waals surface area contributed by atoms with Crippen molar-refractivity contribution in [3.05, 3.63) is 0 Å². The predicted octanol–water partition coefficient (Wildman–Crippen LogP) is 2.51. The lowest BCUT2D eigenvalue weighted by Gasteiger charge is -2.41. The zero-order valence-corrected chi connectivity index (χ0v) is 11.7. The van der Waals surface area contributed by atoms with E-state index in [1.165, 1.54) is 6.42 Å². The Bertz CT molecular complexity index is 272. The first-order valence-electron chi connectivity index (χ1n) is 6.37. The van der Waals surface area contributed by atoms with Crippen LogP contribution in [-0.4, -0.2) is 34.7 Å². The number of carbonyl (C=O) groups excluding carboxylic acids is 1. The molecule has 0 saturated heterocycles. The molecule has 17 heavy (non-hydrogen) atoms. The maximum atomic E-state index is 12.1. The number of ether oxygens (including phenoxy) is 1. The SMILES string of the molecule is CC(C)(N)CN(C(=O)OC(C)(C)C)C1CCC1. The summed E-state index contributed by atoms with van der Waals surface area (Å²) >= 11 is 0. The van der Waals surface area contributed by atoms with Crippen molar-refractivity contribution < 1.29 is 9.53 Å². The summed E-state index contributed by atoms with van der Waals surface area (Å²) in [5.74, 6) is 0. The number of carbonyl (C=O) groups is 1. The molecule has 4 heteroatoms. The lowest BCUT2D eigenvalue weighted by molar-refractivity contribution is 0.00245. The third-order valence-corrected chi connectivity index (χ3v) is 2.72. The van der Waals surface area contributed by atoms with Crippen molar-refractivity contribution >= 4 is 6.09 Å². The minimum Gasteiger partial charge on any atom is -0.444 e. The number of rotatable bonds is 3. The van der Waals surface area contributed by atoms with E-state index < -0.39 is 5.60 Å². The second-order valence-corrected chi connectivity index (χ2v) is 6.68. The van der Waals surface area contributed by atoms with Crippen LogP contribution in [0, 0.1) is 0 Å². The molecule has 1 aliphatic rings. The van der Waals surface area contributed by atoms with Crippen molar-refractivity contribution in [1.82, 2.24) is 4.90 Å². The summed E-state index contributed by atoms with van der Waals surface area (Å²) in [5.41, 5.74) is 5.18. The third-order valence-electron chi connectivity index (χ3n) is 2.72. The van der Waals surface area contributed by atoms with Crippen LogP contribution in [0.2, 0.25) is 0 Å². The average molecular weight is 242 g/mol. The Labute approximate surface area is 104 Å². The molecule has 100 valence electrons. The number of hydrogen-bond acceptors (Lipinski definition) is 3. The normalized spacial score (nSPS) is 17.5. The zero-order valence-electron chi connectivity index (χ0n) is 11.7.